The van der Waals surface area contributed by atoms with Crippen LogP contribution in [0.25, 0.3) is 0 Å². The lowest BCUT2D eigenvalue weighted by Crippen LogP contribution is -2.29. The Hall–Kier alpha value is -2.76. The van der Waals surface area contributed by atoms with Crippen molar-refractivity contribution in [2.45, 2.75) is 38.8 Å². The summed E-state index contributed by atoms with van der Waals surface area (Å²) in [5.74, 6) is -1.04. The van der Waals surface area contributed by atoms with E-state index in [0.717, 1.165) is 12.8 Å². The fourth-order valence-electron chi connectivity index (χ4n) is 2.63. The van der Waals surface area contributed by atoms with Crippen molar-refractivity contribution >= 4 is 11.8 Å². The van der Waals surface area contributed by atoms with Gasteiger partial charge in [0.15, 0.2) is 0 Å². The zero-order chi connectivity index (χ0) is 18.0. The van der Waals surface area contributed by atoms with Gasteiger partial charge in [0.05, 0.1) is 11.6 Å². The number of rotatable bonds is 5. The topological polar surface area (TPSA) is 71.1 Å². The van der Waals surface area contributed by atoms with Gasteiger partial charge in [0, 0.05) is 24.0 Å². The number of nitrogens with one attached hydrogen (secondary N) is 2. The lowest BCUT2D eigenvalue weighted by atomic mass is 9.98. The second-order valence-corrected chi connectivity index (χ2v) is 6.36. The number of pyridine rings is 1. The highest BCUT2D eigenvalue weighted by molar-refractivity contribution is 5.95. The molecule has 1 fully saturated rings. The van der Waals surface area contributed by atoms with Crippen LogP contribution in [0.2, 0.25) is 0 Å². The van der Waals surface area contributed by atoms with Crippen LogP contribution in [0.3, 0.4) is 0 Å². The van der Waals surface area contributed by atoms with Gasteiger partial charge < -0.3 is 10.6 Å². The van der Waals surface area contributed by atoms with Crippen molar-refractivity contribution in [2.75, 3.05) is 0 Å². The molecule has 1 saturated carbocycles. The molecule has 1 heterocycles. The van der Waals surface area contributed by atoms with Crippen LogP contribution in [0, 0.1) is 12.7 Å². The first kappa shape index (κ1) is 17.1. The predicted molar refractivity (Wildman–Crippen MR) is 91.7 cm³/mol. The Morgan fingerprint density at radius 3 is 2.64 bits per heavy atom. The highest BCUT2D eigenvalue weighted by Crippen LogP contribution is 2.24. The van der Waals surface area contributed by atoms with Crippen LogP contribution in [0.15, 0.2) is 36.7 Å². The van der Waals surface area contributed by atoms with Crippen molar-refractivity contribution in [3.05, 3.63) is 64.7 Å². The molecule has 2 amide bonds. The molecule has 0 radical (unpaired) electrons. The van der Waals surface area contributed by atoms with Crippen molar-refractivity contribution in [2.24, 2.45) is 0 Å². The standard InChI is InChI=1S/C19H20FN3O2/c1-11-16(12(2)22-18(24)13-4-3-7-21-10-13)8-14(9-17(11)20)19(25)23-15-5-6-15/h3-4,7-10,12,15H,5-6H2,1-2H3,(H,22,24)(H,23,25). The van der Waals surface area contributed by atoms with Crippen LogP contribution in [0.1, 0.15) is 57.7 Å². The van der Waals surface area contributed by atoms with Gasteiger partial charge in [-0.25, -0.2) is 4.39 Å². The number of aromatic nitrogens is 1. The second kappa shape index (κ2) is 7.01. The van der Waals surface area contributed by atoms with Gasteiger partial charge in [0.25, 0.3) is 11.8 Å². The SMILES string of the molecule is Cc1c(F)cc(C(=O)NC2CC2)cc1C(C)NC(=O)c1cccnc1. The maximum atomic E-state index is 14.3. The Morgan fingerprint density at radius 2 is 2.00 bits per heavy atom. The molecule has 1 aromatic heterocycles. The van der Waals surface area contributed by atoms with Crippen molar-refractivity contribution in [1.82, 2.24) is 15.6 Å². The molecule has 1 aromatic carbocycles. The van der Waals surface area contributed by atoms with Gasteiger partial charge in [0.2, 0.25) is 0 Å². The minimum Gasteiger partial charge on any atom is -0.349 e. The van der Waals surface area contributed by atoms with Crippen LogP contribution in [0.4, 0.5) is 4.39 Å². The lowest BCUT2D eigenvalue weighted by Gasteiger charge is -2.18. The van der Waals surface area contributed by atoms with Crippen LogP contribution < -0.4 is 10.6 Å². The normalized spacial score (nSPS) is 14.7. The van der Waals surface area contributed by atoms with E-state index < -0.39 is 11.9 Å². The van der Waals surface area contributed by atoms with Gasteiger partial charge in [0.1, 0.15) is 5.82 Å². The smallest absolute Gasteiger partial charge is 0.253 e. The Morgan fingerprint density at radius 1 is 1.24 bits per heavy atom. The third kappa shape index (κ3) is 4.02. The van der Waals surface area contributed by atoms with Gasteiger partial charge in [-0.2, -0.15) is 0 Å². The Balaban J connectivity index is 1.81. The molecule has 2 N–H and O–H groups in total. The fraction of sp³-hybridized carbons (Fsp3) is 0.316. The monoisotopic (exact) mass is 341 g/mol. The van der Waals surface area contributed by atoms with Crippen LogP contribution >= 0.6 is 0 Å². The van der Waals surface area contributed by atoms with Crippen molar-refractivity contribution in [3.8, 4) is 0 Å². The molecule has 1 aliphatic rings. The summed E-state index contributed by atoms with van der Waals surface area (Å²) in [7, 11) is 0. The molecule has 130 valence electrons. The van der Waals surface area contributed by atoms with Gasteiger partial charge in [-0.15, -0.1) is 0 Å². The van der Waals surface area contributed by atoms with Crippen molar-refractivity contribution in [1.29, 1.82) is 0 Å². The van der Waals surface area contributed by atoms with E-state index >= 15 is 0 Å². The number of halogens is 1. The van der Waals surface area contributed by atoms with Crippen LogP contribution in [-0.4, -0.2) is 22.8 Å². The number of carbonyl (C=O) groups is 2. The number of benzene rings is 1. The molecule has 1 unspecified atom stereocenters. The van der Waals surface area contributed by atoms with E-state index in [-0.39, 0.29) is 23.4 Å². The number of hydrogen-bond donors (Lipinski definition) is 2. The maximum absolute atomic E-state index is 14.3. The zero-order valence-electron chi connectivity index (χ0n) is 14.2. The maximum Gasteiger partial charge on any atom is 0.253 e. The minimum absolute atomic E-state index is 0.197. The summed E-state index contributed by atoms with van der Waals surface area (Å²) in [6.07, 6.45) is 4.98. The Bertz CT molecular complexity index is 804. The molecule has 1 atom stereocenters. The molecule has 0 spiro atoms. The molecule has 2 aromatic rings. The third-order valence-corrected chi connectivity index (χ3v) is 4.30. The third-order valence-electron chi connectivity index (χ3n) is 4.30. The molecule has 1 aliphatic carbocycles. The lowest BCUT2D eigenvalue weighted by molar-refractivity contribution is 0.0937. The van der Waals surface area contributed by atoms with Gasteiger partial charge >= 0.3 is 0 Å². The molecule has 0 aliphatic heterocycles. The first-order valence-electron chi connectivity index (χ1n) is 8.27. The molecule has 5 nitrogen and oxygen atoms in total. The van der Waals surface area contributed by atoms with E-state index in [2.05, 4.69) is 15.6 Å². The minimum atomic E-state index is -0.457. The Labute approximate surface area is 145 Å². The summed E-state index contributed by atoms with van der Waals surface area (Å²) in [5.41, 5.74) is 1.70. The second-order valence-electron chi connectivity index (χ2n) is 6.36. The average Bonchev–Trinajstić information content (AvgIpc) is 3.41. The predicted octanol–water partition coefficient (Wildman–Crippen LogP) is 2.91. The summed E-state index contributed by atoms with van der Waals surface area (Å²) in [5, 5.41) is 5.67. The first-order valence-corrected chi connectivity index (χ1v) is 8.27. The van der Waals surface area contributed by atoms with Gasteiger partial charge in [-0.3, -0.25) is 14.6 Å². The summed E-state index contributed by atoms with van der Waals surface area (Å²) in [6.45, 7) is 3.40. The summed E-state index contributed by atoms with van der Waals surface area (Å²) >= 11 is 0. The molecule has 0 bridgehead atoms. The van der Waals surface area contributed by atoms with Crippen molar-refractivity contribution in [3.63, 3.8) is 0 Å². The van der Waals surface area contributed by atoms with Gasteiger partial charge in [-0.1, -0.05) is 0 Å². The summed E-state index contributed by atoms with van der Waals surface area (Å²) in [6, 6.07) is 5.96. The fourth-order valence-corrected chi connectivity index (χ4v) is 2.63. The molecular formula is C19H20FN3O2. The van der Waals surface area contributed by atoms with E-state index in [4.69, 9.17) is 0 Å². The molecule has 25 heavy (non-hydrogen) atoms. The molecule has 3 rings (SSSR count). The van der Waals surface area contributed by atoms with Crippen LogP contribution in [-0.2, 0) is 0 Å². The summed E-state index contributed by atoms with van der Waals surface area (Å²) in [4.78, 5) is 28.4. The largest absolute Gasteiger partial charge is 0.349 e. The van der Waals surface area contributed by atoms with E-state index in [1.165, 1.54) is 12.3 Å². The average molecular weight is 341 g/mol. The van der Waals surface area contributed by atoms with Gasteiger partial charge in [-0.05, 0) is 62.1 Å². The van der Waals surface area contributed by atoms with E-state index in [9.17, 15) is 14.0 Å². The summed E-state index contributed by atoms with van der Waals surface area (Å²) < 4.78 is 14.3. The highest BCUT2D eigenvalue weighted by Gasteiger charge is 2.25. The Kier molecular flexibility index (Phi) is 4.79. The van der Waals surface area contributed by atoms with E-state index in [0.29, 0.717) is 16.7 Å². The number of amides is 2. The number of nitrogens with zero attached hydrogens (tertiary/aromatic N) is 1. The zero-order valence-corrected chi connectivity index (χ0v) is 14.2. The van der Waals surface area contributed by atoms with Crippen LogP contribution in [0.5, 0.6) is 0 Å². The van der Waals surface area contributed by atoms with E-state index in [1.54, 1.807) is 38.2 Å². The van der Waals surface area contributed by atoms with Crippen molar-refractivity contribution < 1.29 is 14.0 Å². The number of carbonyl (C=O) groups excluding carboxylic acids is 2. The molecule has 6 heteroatoms. The molecular weight excluding hydrogens is 321 g/mol. The molecule has 0 saturated heterocycles. The first-order chi connectivity index (χ1) is 12.0. The number of hydrogen-bond acceptors (Lipinski definition) is 3. The highest BCUT2D eigenvalue weighted by atomic mass is 19.1. The van der Waals surface area contributed by atoms with E-state index in [1.807, 2.05) is 0 Å². The quantitative estimate of drug-likeness (QED) is 0.878.